The summed E-state index contributed by atoms with van der Waals surface area (Å²) in [4.78, 5) is 2.53. The minimum Gasteiger partial charge on any atom is -0.399 e. The van der Waals surface area contributed by atoms with Crippen LogP contribution in [0.4, 0.5) is 5.69 Å². The molecule has 4 nitrogen and oxygen atoms in total. The average Bonchev–Trinajstić information content (AvgIpc) is 2.67. The summed E-state index contributed by atoms with van der Waals surface area (Å²) in [7, 11) is -0.275. The van der Waals surface area contributed by atoms with Gasteiger partial charge in [0, 0.05) is 17.8 Å². The zero-order valence-corrected chi connectivity index (χ0v) is 16.2. The van der Waals surface area contributed by atoms with Crippen LogP contribution < -0.4 is 16.5 Å². The summed E-state index contributed by atoms with van der Waals surface area (Å²) in [5.74, 6) is 0. The number of benzene rings is 1. The van der Waals surface area contributed by atoms with Crippen molar-refractivity contribution in [3.05, 3.63) is 24.3 Å². The van der Waals surface area contributed by atoms with Crippen LogP contribution in [-0.4, -0.2) is 30.4 Å². The van der Waals surface area contributed by atoms with E-state index in [-0.39, 0.29) is 30.0 Å². The molecule has 2 heterocycles. The van der Waals surface area contributed by atoms with Crippen molar-refractivity contribution in [2.75, 3.05) is 11.4 Å². The van der Waals surface area contributed by atoms with E-state index >= 15 is 0 Å². The number of anilines is 1. The van der Waals surface area contributed by atoms with Gasteiger partial charge in [0.1, 0.15) is 0 Å². The molecule has 3 rings (SSSR count). The Labute approximate surface area is 147 Å². The van der Waals surface area contributed by atoms with Crippen molar-refractivity contribution in [2.45, 2.75) is 77.5 Å². The van der Waals surface area contributed by atoms with Crippen LogP contribution in [0.2, 0.25) is 0 Å². The molecule has 0 aromatic heterocycles. The van der Waals surface area contributed by atoms with E-state index in [2.05, 4.69) is 70.7 Å². The second-order valence-corrected chi connectivity index (χ2v) is 8.60. The molecule has 0 bridgehead atoms. The van der Waals surface area contributed by atoms with Gasteiger partial charge in [0.25, 0.3) is 0 Å². The second-order valence-electron chi connectivity index (χ2n) is 8.60. The van der Waals surface area contributed by atoms with Gasteiger partial charge in [-0.05, 0) is 78.4 Å². The molecule has 2 aliphatic rings. The fraction of sp³-hybridized carbons (Fsp3) is 0.684. The van der Waals surface area contributed by atoms with Crippen LogP contribution in [-0.2, 0) is 9.31 Å². The predicted molar refractivity (Wildman–Crippen MR) is 102 cm³/mol. The second kappa shape index (κ2) is 6.36. The van der Waals surface area contributed by atoms with Crippen molar-refractivity contribution in [1.82, 2.24) is 6.15 Å². The highest BCUT2D eigenvalue weighted by Gasteiger charge is 2.51. The summed E-state index contributed by atoms with van der Waals surface area (Å²) in [6.07, 6.45) is 3.86. The molecule has 24 heavy (non-hydrogen) atoms. The Bertz CT molecular complexity index is 553. The minimum absolute atomic E-state index is 0. The molecule has 134 valence electrons. The van der Waals surface area contributed by atoms with Gasteiger partial charge < -0.3 is 20.4 Å². The molecule has 0 aliphatic carbocycles. The van der Waals surface area contributed by atoms with Gasteiger partial charge in [-0.25, -0.2) is 0 Å². The summed E-state index contributed by atoms with van der Waals surface area (Å²) < 4.78 is 12.3. The van der Waals surface area contributed by atoms with Crippen LogP contribution in [0.15, 0.2) is 24.3 Å². The Kier molecular flexibility index (Phi) is 5.11. The Balaban J connectivity index is 0.00000208. The number of hydrogen-bond donors (Lipinski definition) is 1. The summed E-state index contributed by atoms with van der Waals surface area (Å²) in [6.45, 7) is 14.2. The fourth-order valence-electron chi connectivity index (χ4n) is 3.53. The molecule has 1 aromatic carbocycles. The maximum Gasteiger partial charge on any atom is 0.494 e. The zero-order valence-electron chi connectivity index (χ0n) is 16.2. The van der Waals surface area contributed by atoms with Gasteiger partial charge in [-0.3, -0.25) is 0 Å². The molecule has 0 amide bonds. The maximum absolute atomic E-state index is 6.14. The van der Waals surface area contributed by atoms with Crippen LogP contribution in [0.1, 0.15) is 60.8 Å². The van der Waals surface area contributed by atoms with E-state index in [9.17, 15) is 0 Å². The highest BCUT2D eigenvalue weighted by molar-refractivity contribution is 6.62. The fourth-order valence-corrected chi connectivity index (χ4v) is 3.53. The molecule has 1 aromatic rings. The van der Waals surface area contributed by atoms with E-state index in [0.29, 0.717) is 0 Å². The lowest BCUT2D eigenvalue weighted by Gasteiger charge is -2.44. The lowest BCUT2D eigenvalue weighted by atomic mass is 9.79. The van der Waals surface area contributed by atoms with Gasteiger partial charge in [0.2, 0.25) is 0 Å². The molecule has 2 fully saturated rings. The maximum atomic E-state index is 6.14. The predicted octanol–water partition coefficient (Wildman–Crippen LogP) is 3.92. The highest BCUT2D eigenvalue weighted by atomic mass is 16.7. The molecule has 5 heteroatoms. The SMILES string of the molecule is CC1(C)CCCCN1c1ccc(B2OC(C)(C)C(C)(C)O2)cc1.N. The largest absolute Gasteiger partial charge is 0.494 e. The van der Waals surface area contributed by atoms with E-state index in [1.54, 1.807) is 0 Å². The van der Waals surface area contributed by atoms with E-state index in [0.717, 1.165) is 12.0 Å². The summed E-state index contributed by atoms with van der Waals surface area (Å²) in [6, 6.07) is 8.74. The Hall–Kier alpha value is -1.04. The topological polar surface area (TPSA) is 56.7 Å². The molecule has 0 spiro atoms. The monoisotopic (exact) mass is 332 g/mol. The third-order valence-corrected chi connectivity index (χ3v) is 5.88. The standard InChI is InChI=1S/C19H30BNO2.H3N/c1-17(2)13-7-8-14-21(17)16-11-9-15(10-12-16)20-22-18(3,4)19(5,6)23-20;/h9-12H,7-8,13-14H2,1-6H3;1H3. The van der Waals surface area contributed by atoms with Gasteiger partial charge >= 0.3 is 7.12 Å². The van der Waals surface area contributed by atoms with Crippen LogP contribution in [0.25, 0.3) is 0 Å². The first-order valence-corrected chi connectivity index (χ1v) is 8.86. The third kappa shape index (κ3) is 3.35. The van der Waals surface area contributed by atoms with Crippen molar-refractivity contribution in [3.8, 4) is 0 Å². The van der Waals surface area contributed by atoms with Gasteiger partial charge in [-0.1, -0.05) is 12.1 Å². The minimum atomic E-state index is -0.287. The Morgan fingerprint density at radius 1 is 0.875 bits per heavy atom. The first-order chi connectivity index (χ1) is 10.6. The smallest absolute Gasteiger partial charge is 0.399 e. The number of hydrogen-bond acceptors (Lipinski definition) is 4. The molecule has 0 saturated carbocycles. The first kappa shape index (κ1) is 19.3. The molecule has 2 aliphatic heterocycles. The normalized spacial score (nSPS) is 24.6. The lowest BCUT2D eigenvalue weighted by Crippen LogP contribution is -2.47. The van der Waals surface area contributed by atoms with Gasteiger partial charge in [0.15, 0.2) is 0 Å². The molecular formula is C19H33BN2O2. The average molecular weight is 332 g/mol. The molecular weight excluding hydrogens is 299 g/mol. The van der Waals surface area contributed by atoms with Crippen molar-refractivity contribution >= 4 is 18.3 Å². The molecule has 0 atom stereocenters. The van der Waals surface area contributed by atoms with Crippen molar-refractivity contribution in [2.24, 2.45) is 0 Å². The number of rotatable bonds is 2. The summed E-state index contributed by atoms with van der Waals surface area (Å²) in [5, 5.41) is 0. The van der Waals surface area contributed by atoms with E-state index in [4.69, 9.17) is 9.31 Å². The quantitative estimate of drug-likeness (QED) is 0.834. The van der Waals surface area contributed by atoms with Crippen LogP contribution in [0.3, 0.4) is 0 Å². The number of nitrogens with zero attached hydrogens (tertiary/aromatic N) is 1. The van der Waals surface area contributed by atoms with E-state index < -0.39 is 0 Å². The Morgan fingerprint density at radius 2 is 1.42 bits per heavy atom. The molecule has 0 unspecified atom stereocenters. The van der Waals surface area contributed by atoms with Gasteiger partial charge in [-0.15, -0.1) is 0 Å². The van der Waals surface area contributed by atoms with Gasteiger partial charge in [-0.2, -0.15) is 0 Å². The zero-order chi connectivity index (χ0) is 16.9. The Morgan fingerprint density at radius 3 is 1.92 bits per heavy atom. The van der Waals surface area contributed by atoms with Gasteiger partial charge in [0.05, 0.1) is 11.2 Å². The highest BCUT2D eigenvalue weighted by Crippen LogP contribution is 2.37. The molecule has 0 radical (unpaired) electrons. The first-order valence-electron chi connectivity index (χ1n) is 8.86. The van der Waals surface area contributed by atoms with Crippen LogP contribution >= 0.6 is 0 Å². The number of piperidine rings is 1. The van der Waals surface area contributed by atoms with E-state index in [1.165, 1.54) is 24.9 Å². The lowest BCUT2D eigenvalue weighted by molar-refractivity contribution is 0.00578. The van der Waals surface area contributed by atoms with Crippen molar-refractivity contribution < 1.29 is 9.31 Å². The third-order valence-electron chi connectivity index (χ3n) is 5.88. The van der Waals surface area contributed by atoms with Crippen LogP contribution in [0.5, 0.6) is 0 Å². The summed E-state index contributed by atoms with van der Waals surface area (Å²) >= 11 is 0. The van der Waals surface area contributed by atoms with Crippen LogP contribution in [0, 0.1) is 0 Å². The van der Waals surface area contributed by atoms with Crippen molar-refractivity contribution in [1.29, 1.82) is 0 Å². The molecule has 2 saturated heterocycles. The van der Waals surface area contributed by atoms with E-state index in [1.807, 2.05) is 0 Å². The molecule has 3 N–H and O–H groups in total. The summed E-state index contributed by atoms with van der Waals surface area (Å²) in [5.41, 5.74) is 2.07. The van der Waals surface area contributed by atoms with Crippen molar-refractivity contribution in [3.63, 3.8) is 0 Å².